The van der Waals surface area contributed by atoms with E-state index in [4.69, 9.17) is 9.25 Å². The highest BCUT2D eigenvalue weighted by molar-refractivity contribution is 6.06. The highest BCUT2D eigenvalue weighted by atomic mass is 19.1. The summed E-state index contributed by atoms with van der Waals surface area (Å²) in [4.78, 5) is 22.1. The van der Waals surface area contributed by atoms with Crippen molar-refractivity contribution in [2.75, 3.05) is 5.32 Å². The Morgan fingerprint density at radius 1 is 1.26 bits per heavy atom. The number of rotatable bonds is 4. The van der Waals surface area contributed by atoms with Gasteiger partial charge in [0.05, 0.1) is 5.71 Å². The maximum absolute atomic E-state index is 13.4. The Labute approximate surface area is 155 Å². The van der Waals surface area contributed by atoms with E-state index in [2.05, 4.69) is 15.5 Å². The monoisotopic (exact) mass is 367 g/mol. The standard InChI is InChI=1S/C20H18FN3O3/c1-11(2)20-23-16-9-14(6-7-17(16)26-20)22-19(25)18-10-15(24-27-18)12-4-3-5-13(21)8-12/h3-9,11,18H,10H2,1-2H3,(H,22,25). The average Bonchev–Trinajstić information content (AvgIpc) is 3.28. The number of carbonyl (C=O) groups is 1. The van der Waals surface area contributed by atoms with Crippen LogP contribution in [-0.4, -0.2) is 22.7 Å². The van der Waals surface area contributed by atoms with E-state index >= 15 is 0 Å². The lowest BCUT2D eigenvalue weighted by Crippen LogP contribution is -2.28. The van der Waals surface area contributed by atoms with Gasteiger partial charge in [-0.05, 0) is 30.3 Å². The first-order valence-electron chi connectivity index (χ1n) is 8.69. The summed E-state index contributed by atoms with van der Waals surface area (Å²) in [6.45, 7) is 4.00. The second-order valence-corrected chi connectivity index (χ2v) is 6.73. The van der Waals surface area contributed by atoms with Crippen molar-refractivity contribution in [3.05, 3.63) is 59.7 Å². The van der Waals surface area contributed by atoms with Crippen LogP contribution >= 0.6 is 0 Å². The molecule has 0 aliphatic carbocycles. The summed E-state index contributed by atoms with van der Waals surface area (Å²) in [6.07, 6.45) is -0.485. The van der Waals surface area contributed by atoms with Crippen molar-refractivity contribution in [1.82, 2.24) is 4.98 Å². The van der Waals surface area contributed by atoms with Gasteiger partial charge in [0.15, 0.2) is 11.5 Å². The van der Waals surface area contributed by atoms with Gasteiger partial charge in [-0.1, -0.05) is 31.1 Å². The molecule has 1 aliphatic heterocycles. The molecule has 7 heteroatoms. The number of hydrogen-bond acceptors (Lipinski definition) is 5. The molecule has 0 spiro atoms. The molecule has 6 nitrogen and oxygen atoms in total. The molecule has 1 aliphatic rings. The van der Waals surface area contributed by atoms with Gasteiger partial charge in [-0.25, -0.2) is 9.37 Å². The van der Waals surface area contributed by atoms with Gasteiger partial charge in [0.2, 0.25) is 6.10 Å². The largest absolute Gasteiger partial charge is 0.440 e. The lowest BCUT2D eigenvalue weighted by Gasteiger charge is -2.09. The van der Waals surface area contributed by atoms with Crippen molar-refractivity contribution in [3.63, 3.8) is 0 Å². The van der Waals surface area contributed by atoms with Crippen LogP contribution in [0.1, 0.15) is 37.6 Å². The molecule has 0 saturated heterocycles. The number of oxime groups is 1. The summed E-state index contributed by atoms with van der Waals surface area (Å²) in [6, 6.07) is 11.3. The molecular formula is C20H18FN3O3. The van der Waals surface area contributed by atoms with Crippen LogP contribution in [0.2, 0.25) is 0 Å². The number of fused-ring (bicyclic) bond motifs is 1. The van der Waals surface area contributed by atoms with E-state index in [-0.39, 0.29) is 24.1 Å². The van der Waals surface area contributed by atoms with Crippen molar-refractivity contribution in [3.8, 4) is 0 Å². The predicted octanol–water partition coefficient (Wildman–Crippen LogP) is 4.22. The highest BCUT2D eigenvalue weighted by Gasteiger charge is 2.29. The average molecular weight is 367 g/mol. The second-order valence-electron chi connectivity index (χ2n) is 6.73. The van der Waals surface area contributed by atoms with Gasteiger partial charge >= 0.3 is 0 Å². The molecule has 2 heterocycles. The van der Waals surface area contributed by atoms with E-state index in [0.29, 0.717) is 34.0 Å². The van der Waals surface area contributed by atoms with Crippen LogP contribution in [0, 0.1) is 5.82 Å². The first-order chi connectivity index (χ1) is 13.0. The Kier molecular flexibility index (Phi) is 4.35. The van der Waals surface area contributed by atoms with Gasteiger partial charge in [0.1, 0.15) is 11.3 Å². The number of halogens is 1. The van der Waals surface area contributed by atoms with E-state index < -0.39 is 6.10 Å². The Morgan fingerprint density at radius 2 is 2.11 bits per heavy atom. The van der Waals surface area contributed by atoms with E-state index in [1.165, 1.54) is 12.1 Å². The molecule has 1 unspecified atom stereocenters. The van der Waals surface area contributed by atoms with E-state index in [0.717, 1.165) is 0 Å². The minimum atomic E-state index is -0.762. The third kappa shape index (κ3) is 3.53. The molecule has 1 amide bonds. The molecule has 27 heavy (non-hydrogen) atoms. The van der Waals surface area contributed by atoms with Crippen LogP contribution in [0.4, 0.5) is 10.1 Å². The summed E-state index contributed by atoms with van der Waals surface area (Å²) in [5.41, 5.74) is 3.10. The second kappa shape index (κ2) is 6.83. The molecule has 0 radical (unpaired) electrons. The molecule has 1 N–H and O–H groups in total. The number of anilines is 1. The first-order valence-corrected chi connectivity index (χ1v) is 8.69. The number of nitrogens with one attached hydrogen (secondary N) is 1. The molecule has 0 saturated carbocycles. The number of benzene rings is 2. The summed E-state index contributed by atoms with van der Waals surface area (Å²) in [7, 11) is 0. The maximum Gasteiger partial charge on any atom is 0.268 e. The van der Waals surface area contributed by atoms with Crippen LogP contribution in [0.5, 0.6) is 0 Å². The summed E-state index contributed by atoms with van der Waals surface area (Å²) < 4.78 is 19.0. The third-order valence-corrected chi connectivity index (χ3v) is 4.28. The fourth-order valence-corrected chi connectivity index (χ4v) is 2.85. The first kappa shape index (κ1) is 17.2. The predicted molar refractivity (Wildman–Crippen MR) is 99.2 cm³/mol. The SMILES string of the molecule is CC(C)c1nc2cc(NC(=O)C3CC(c4cccc(F)c4)=NO3)ccc2o1. The number of hydrogen-bond donors (Lipinski definition) is 1. The number of nitrogens with zero attached hydrogens (tertiary/aromatic N) is 2. The Morgan fingerprint density at radius 3 is 2.89 bits per heavy atom. The summed E-state index contributed by atoms with van der Waals surface area (Å²) >= 11 is 0. The summed E-state index contributed by atoms with van der Waals surface area (Å²) in [5.74, 6) is 0.156. The molecule has 0 fully saturated rings. The third-order valence-electron chi connectivity index (χ3n) is 4.28. The van der Waals surface area contributed by atoms with Gasteiger partial charge in [-0.2, -0.15) is 0 Å². The van der Waals surface area contributed by atoms with Crippen LogP contribution in [0.15, 0.2) is 52.0 Å². The lowest BCUT2D eigenvalue weighted by atomic mass is 10.0. The van der Waals surface area contributed by atoms with Crippen LogP contribution in [0.3, 0.4) is 0 Å². The molecule has 0 bridgehead atoms. The van der Waals surface area contributed by atoms with Crippen LogP contribution < -0.4 is 5.32 Å². The molecule has 2 aromatic carbocycles. The zero-order valence-electron chi connectivity index (χ0n) is 14.9. The van der Waals surface area contributed by atoms with E-state index in [1.807, 2.05) is 13.8 Å². The fraction of sp³-hybridized carbons (Fsp3) is 0.250. The Hall–Kier alpha value is -3.22. The zero-order chi connectivity index (χ0) is 19.0. The van der Waals surface area contributed by atoms with Crippen molar-refractivity contribution in [2.24, 2.45) is 5.16 Å². The normalized spacial score (nSPS) is 16.4. The molecule has 1 atom stereocenters. The van der Waals surface area contributed by atoms with Gasteiger partial charge < -0.3 is 14.6 Å². The zero-order valence-corrected chi connectivity index (χ0v) is 14.9. The molecule has 3 aromatic rings. The minimum absolute atomic E-state index is 0.181. The van der Waals surface area contributed by atoms with Gasteiger partial charge in [-0.3, -0.25) is 4.79 Å². The molecular weight excluding hydrogens is 349 g/mol. The number of aromatic nitrogens is 1. The Balaban J connectivity index is 1.44. The van der Waals surface area contributed by atoms with E-state index in [1.54, 1.807) is 30.3 Å². The van der Waals surface area contributed by atoms with Crippen molar-refractivity contribution in [1.29, 1.82) is 0 Å². The highest BCUT2D eigenvalue weighted by Crippen LogP contribution is 2.25. The molecule has 1 aromatic heterocycles. The molecule has 4 rings (SSSR count). The maximum atomic E-state index is 13.4. The fourth-order valence-electron chi connectivity index (χ4n) is 2.85. The van der Waals surface area contributed by atoms with E-state index in [9.17, 15) is 9.18 Å². The minimum Gasteiger partial charge on any atom is -0.440 e. The van der Waals surface area contributed by atoms with Crippen LogP contribution in [0.25, 0.3) is 11.1 Å². The van der Waals surface area contributed by atoms with Crippen LogP contribution in [-0.2, 0) is 9.63 Å². The van der Waals surface area contributed by atoms with Crippen molar-refractivity contribution >= 4 is 28.4 Å². The molecule has 138 valence electrons. The lowest BCUT2D eigenvalue weighted by molar-refractivity contribution is -0.125. The number of amides is 1. The number of oxazole rings is 1. The topological polar surface area (TPSA) is 76.7 Å². The van der Waals surface area contributed by atoms with Gasteiger partial charge in [-0.15, -0.1) is 0 Å². The summed E-state index contributed by atoms with van der Waals surface area (Å²) in [5, 5.41) is 6.73. The quantitative estimate of drug-likeness (QED) is 0.749. The number of carbonyl (C=O) groups excluding carboxylic acids is 1. The smallest absolute Gasteiger partial charge is 0.268 e. The van der Waals surface area contributed by atoms with Gasteiger partial charge in [0.25, 0.3) is 5.91 Å². The Bertz CT molecular complexity index is 1040. The van der Waals surface area contributed by atoms with Crippen molar-refractivity contribution in [2.45, 2.75) is 32.3 Å². The van der Waals surface area contributed by atoms with Crippen molar-refractivity contribution < 1.29 is 18.4 Å². The van der Waals surface area contributed by atoms with Gasteiger partial charge in [0, 0.05) is 23.6 Å².